The number of anilines is 1. The second-order valence-electron chi connectivity index (χ2n) is 2.83. The van der Waals surface area contributed by atoms with E-state index in [2.05, 4.69) is 9.97 Å². The van der Waals surface area contributed by atoms with Gasteiger partial charge in [-0.2, -0.15) is 10.2 Å². The van der Waals surface area contributed by atoms with Gasteiger partial charge in [0.15, 0.2) is 0 Å². The van der Waals surface area contributed by atoms with E-state index in [0.717, 1.165) is 6.33 Å². The summed E-state index contributed by atoms with van der Waals surface area (Å²) in [4.78, 5) is 19.0. The van der Waals surface area contributed by atoms with Crippen molar-refractivity contribution in [2.24, 2.45) is 0 Å². The molecule has 0 saturated heterocycles. The van der Waals surface area contributed by atoms with Gasteiger partial charge in [-0.1, -0.05) is 0 Å². The molecule has 84 valence electrons. The summed E-state index contributed by atoms with van der Waals surface area (Å²) in [7, 11) is 2.81. The number of methoxy groups -OCH3 is 1. The Labute approximate surface area is 91.2 Å². The summed E-state index contributed by atoms with van der Waals surface area (Å²) >= 11 is 0. The molecule has 0 spiro atoms. The van der Waals surface area contributed by atoms with E-state index in [1.807, 2.05) is 6.07 Å². The second kappa shape index (κ2) is 4.88. The van der Waals surface area contributed by atoms with E-state index in [1.54, 1.807) is 0 Å². The van der Waals surface area contributed by atoms with Crippen molar-refractivity contribution in [2.45, 2.75) is 0 Å². The highest BCUT2D eigenvalue weighted by molar-refractivity contribution is 5.62. The SMILES string of the molecule is COc1ncnc(N(C)CC#N)c1[N+](=O)[O-]. The lowest BCUT2D eigenvalue weighted by molar-refractivity contribution is -0.385. The quantitative estimate of drug-likeness (QED) is 0.412. The monoisotopic (exact) mass is 223 g/mol. The molecule has 1 aromatic rings. The summed E-state index contributed by atoms with van der Waals surface area (Å²) in [6.07, 6.45) is 1.15. The van der Waals surface area contributed by atoms with Crippen molar-refractivity contribution in [3.63, 3.8) is 0 Å². The fourth-order valence-corrected chi connectivity index (χ4v) is 1.12. The molecule has 0 radical (unpaired) electrons. The summed E-state index contributed by atoms with van der Waals surface area (Å²) in [5.74, 6) is -0.0711. The van der Waals surface area contributed by atoms with E-state index >= 15 is 0 Å². The highest BCUT2D eigenvalue weighted by Crippen LogP contribution is 2.32. The summed E-state index contributed by atoms with van der Waals surface area (Å²) in [6, 6.07) is 1.87. The third-order valence-corrected chi connectivity index (χ3v) is 1.81. The molecule has 1 rings (SSSR count). The topological polar surface area (TPSA) is 105 Å². The summed E-state index contributed by atoms with van der Waals surface area (Å²) < 4.78 is 4.77. The van der Waals surface area contributed by atoms with E-state index in [0.29, 0.717) is 0 Å². The number of rotatable bonds is 4. The molecule has 0 fully saturated rings. The van der Waals surface area contributed by atoms with Gasteiger partial charge in [-0.25, -0.2) is 4.98 Å². The minimum absolute atomic E-state index is 0.0129. The summed E-state index contributed by atoms with van der Waals surface area (Å²) in [5.41, 5.74) is -0.345. The Morgan fingerprint density at radius 2 is 2.38 bits per heavy atom. The predicted molar refractivity (Wildman–Crippen MR) is 54.1 cm³/mol. The van der Waals surface area contributed by atoms with Crippen molar-refractivity contribution in [1.82, 2.24) is 9.97 Å². The molecule has 0 aliphatic rings. The minimum atomic E-state index is -0.637. The molecule has 8 heteroatoms. The fraction of sp³-hybridized carbons (Fsp3) is 0.375. The molecule has 0 atom stereocenters. The Kier molecular flexibility index (Phi) is 3.55. The molecule has 1 heterocycles. The van der Waals surface area contributed by atoms with Crippen molar-refractivity contribution < 1.29 is 9.66 Å². The minimum Gasteiger partial charge on any atom is -0.476 e. The van der Waals surface area contributed by atoms with Gasteiger partial charge in [0.2, 0.25) is 5.82 Å². The van der Waals surface area contributed by atoms with Crippen LogP contribution in [-0.4, -0.2) is 35.6 Å². The maximum absolute atomic E-state index is 10.8. The third-order valence-electron chi connectivity index (χ3n) is 1.81. The largest absolute Gasteiger partial charge is 0.476 e. The second-order valence-corrected chi connectivity index (χ2v) is 2.83. The van der Waals surface area contributed by atoms with Crippen molar-refractivity contribution in [1.29, 1.82) is 5.26 Å². The van der Waals surface area contributed by atoms with Gasteiger partial charge in [-0.3, -0.25) is 10.1 Å². The number of nitrogens with zero attached hydrogens (tertiary/aromatic N) is 5. The van der Waals surface area contributed by atoms with Crippen LogP contribution in [0.2, 0.25) is 0 Å². The molecule has 0 unspecified atom stereocenters. The highest BCUT2D eigenvalue weighted by atomic mass is 16.6. The van der Waals surface area contributed by atoms with E-state index in [1.165, 1.54) is 19.1 Å². The zero-order valence-electron chi connectivity index (χ0n) is 8.75. The molecule has 0 aromatic carbocycles. The van der Waals surface area contributed by atoms with Crippen molar-refractivity contribution >= 4 is 11.5 Å². The average Bonchev–Trinajstić information content (AvgIpc) is 2.28. The first-order valence-corrected chi connectivity index (χ1v) is 4.23. The fourth-order valence-electron chi connectivity index (χ4n) is 1.12. The van der Waals surface area contributed by atoms with E-state index < -0.39 is 4.92 Å². The van der Waals surface area contributed by atoms with Gasteiger partial charge in [0, 0.05) is 7.05 Å². The Hall–Kier alpha value is -2.43. The van der Waals surface area contributed by atoms with E-state index in [9.17, 15) is 10.1 Å². The molecule has 8 nitrogen and oxygen atoms in total. The maximum Gasteiger partial charge on any atom is 0.372 e. The molecular formula is C8H9N5O3. The van der Waals surface area contributed by atoms with Crippen molar-refractivity contribution in [2.75, 3.05) is 25.6 Å². The molecule has 0 aliphatic heterocycles. The lowest BCUT2D eigenvalue weighted by Crippen LogP contribution is -2.20. The molecule has 0 N–H and O–H groups in total. The zero-order valence-corrected chi connectivity index (χ0v) is 8.75. The van der Waals surface area contributed by atoms with E-state index in [4.69, 9.17) is 10.00 Å². The molecule has 0 bridgehead atoms. The number of hydrogen-bond donors (Lipinski definition) is 0. The molecule has 16 heavy (non-hydrogen) atoms. The number of nitro groups is 1. The van der Waals surface area contributed by atoms with E-state index in [-0.39, 0.29) is 23.9 Å². The van der Waals surface area contributed by atoms with Crippen molar-refractivity contribution in [3.8, 4) is 11.9 Å². The Balaban J connectivity index is 3.28. The summed E-state index contributed by atoms with van der Waals surface area (Å²) in [6.45, 7) is -0.0129. The lowest BCUT2D eigenvalue weighted by atomic mass is 10.4. The smallest absolute Gasteiger partial charge is 0.372 e. The highest BCUT2D eigenvalue weighted by Gasteiger charge is 2.26. The Morgan fingerprint density at radius 1 is 1.69 bits per heavy atom. The van der Waals surface area contributed by atoms with Gasteiger partial charge in [0.1, 0.15) is 12.9 Å². The van der Waals surface area contributed by atoms with Gasteiger partial charge < -0.3 is 9.64 Å². The van der Waals surface area contributed by atoms with Crippen LogP contribution < -0.4 is 9.64 Å². The van der Waals surface area contributed by atoms with Crippen LogP contribution in [-0.2, 0) is 0 Å². The first-order chi connectivity index (χ1) is 7.61. The third kappa shape index (κ3) is 2.14. The first-order valence-electron chi connectivity index (χ1n) is 4.23. The molecule has 0 aliphatic carbocycles. The van der Waals surface area contributed by atoms with Crippen LogP contribution in [0, 0.1) is 21.4 Å². The zero-order chi connectivity index (χ0) is 12.1. The van der Waals surface area contributed by atoms with Gasteiger partial charge >= 0.3 is 5.69 Å². The van der Waals surface area contributed by atoms with Gasteiger partial charge in [0.05, 0.1) is 18.1 Å². The number of nitriles is 1. The van der Waals surface area contributed by atoms with Crippen LogP contribution in [0.25, 0.3) is 0 Å². The average molecular weight is 223 g/mol. The maximum atomic E-state index is 10.8. The molecule has 1 aromatic heterocycles. The number of hydrogen-bond acceptors (Lipinski definition) is 7. The molecular weight excluding hydrogens is 214 g/mol. The predicted octanol–water partition coefficient (Wildman–Crippen LogP) is 0.353. The van der Waals surface area contributed by atoms with Crippen LogP contribution >= 0.6 is 0 Å². The van der Waals surface area contributed by atoms with Crippen molar-refractivity contribution in [3.05, 3.63) is 16.4 Å². The number of ether oxygens (including phenoxy) is 1. The van der Waals surface area contributed by atoms with Crippen LogP contribution in [0.5, 0.6) is 5.88 Å². The van der Waals surface area contributed by atoms with Gasteiger partial charge in [0.25, 0.3) is 5.88 Å². The van der Waals surface area contributed by atoms with Crippen LogP contribution in [0.1, 0.15) is 0 Å². The van der Waals surface area contributed by atoms with Crippen LogP contribution in [0.15, 0.2) is 6.33 Å². The van der Waals surface area contributed by atoms with Gasteiger partial charge in [-0.15, -0.1) is 0 Å². The van der Waals surface area contributed by atoms with Crippen LogP contribution in [0.4, 0.5) is 11.5 Å². The normalized spacial score (nSPS) is 9.31. The Bertz CT molecular complexity index is 442. The molecule has 0 amide bonds. The first kappa shape index (κ1) is 11.6. The Morgan fingerprint density at radius 3 is 2.88 bits per heavy atom. The standard InChI is InChI=1S/C8H9N5O3/c1-12(4-3-9)7-6(13(14)15)8(16-2)11-5-10-7/h5H,4H2,1-2H3. The summed E-state index contributed by atoms with van der Waals surface area (Å²) in [5, 5.41) is 19.4. The molecule has 0 saturated carbocycles. The number of aromatic nitrogens is 2. The van der Waals surface area contributed by atoms with Crippen LogP contribution in [0.3, 0.4) is 0 Å². The van der Waals surface area contributed by atoms with Gasteiger partial charge in [-0.05, 0) is 0 Å². The lowest BCUT2D eigenvalue weighted by Gasteiger charge is -2.14.